The minimum atomic E-state index is -4.11. The van der Waals surface area contributed by atoms with E-state index in [9.17, 15) is 31.1 Å². The number of aliphatic hydroxyl groups is 1. The zero-order chi connectivity index (χ0) is 31.0. The Morgan fingerprint density at radius 2 is 1.83 bits per heavy atom. The average molecular weight is 625 g/mol. The van der Waals surface area contributed by atoms with Gasteiger partial charge in [-0.15, -0.1) is 0 Å². The summed E-state index contributed by atoms with van der Waals surface area (Å²) in [6.07, 6.45) is -0.743. The Morgan fingerprint density at radius 1 is 1.17 bits per heavy atom. The van der Waals surface area contributed by atoms with Gasteiger partial charge in [-0.25, -0.2) is 21.2 Å². The molecule has 0 bridgehead atoms. The highest BCUT2D eigenvalue weighted by atomic mass is 32.2. The van der Waals surface area contributed by atoms with Gasteiger partial charge in [0.1, 0.15) is 28.3 Å². The molecular weight excluding hydrogens is 591 g/mol. The first kappa shape index (κ1) is 31.4. The first-order valence-corrected chi connectivity index (χ1v) is 16.0. The van der Waals surface area contributed by atoms with Gasteiger partial charge in [0.25, 0.3) is 15.9 Å². The monoisotopic (exact) mass is 624 g/mol. The quantitative estimate of drug-likeness (QED) is 0.365. The van der Waals surface area contributed by atoms with Gasteiger partial charge in [0.15, 0.2) is 5.76 Å². The summed E-state index contributed by atoms with van der Waals surface area (Å²) in [5, 5.41) is 13.6. The van der Waals surface area contributed by atoms with Crippen LogP contribution in [0.3, 0.4) is 0 Å². The van der Waals surface area contributed by atoms with Gasteiger partial charge >= 0.3 is 0 Å². The number of amides is 1. The summed E-state index contributed by atoms with van der Waals surface area (Å²) >= 11 is 0. The van der Waals surface area contributed by atoms with Crippen molar-refractivity contribution in [1.29, 1.82) is 0 Å². The van der Waals surface area contributed by atoms with Gasteiger partial charge in [-0.1, -0.05) is 12.1 Å². The summed E-state index contributed by atoms with van der Waals surface area (Å²) in [5.41, 5.74) is 0.290. The molecule has 0 unspecified atom stereocenters. The number of fused-ring (bicyclic) bond motifs is 1. The standard InChI is InChI=1S/C27H33FN4O8S2/c1-16-13-32(17(2)15-33)27(34)23-12-21(30-41(35,36)22-9-6-20(28)7-10-22)8-11-24(23)39-25(16)14-31(5)42(37,38)26-18(3)29-40-19(26)4/h6-12,16-17,25,30,33H,13-15H2,1-5H3/t16-,17+,25-/m1/s1. The van der Waals surface area contributed by atoms with Crippen LogP contribution in [-0.2, 0) is 20.0 Å². The van der Waals surface area contributed by atoms with Crippen LogP contribution in [0, 0.1) is 25.6 Å². The molecule has 228 valence electrons. The van der Waals surface area contributed by atoms with E-state index in [-0.39, 0.29) is 63.9 Å². The van der Waals surface area contributed by atoms with Crippen LogP contribution in [0.5, 0.6) is 5.75 Å². The Balaban J connectivity index is 1.69. The van der Waals surface area contributed by atoms with E-state index in [0.29, 0.717) is 0 Å². The van der Waals surface area contributed by atoms with E-state index in [4.69, 9.17) is 9.26 Å². The number of carbonyl (C=O) groups excluding carboxylic acids is 1. The maximum atomic E-state index is 13.7. The number of benzene rings is 2. The first-order valence-electron chi connectivity index (χ1n) is 13.1. The van der Waals surface area contributed by atoms with Crippen molar-refractivity contribution in [2.45, 2.75) is 49.6 Å². The van der Waals surface area contributed by atoms with Crippen molar-refractivity contribution in [3.05, 3.63) is 65.3 Å². The lowest BCUT2D eigenvalue weighted by Gasteiger charge is -2.38. The lowest BCUT2D eigenvalue weighted by atomic mass is 9.99. The molecule has 1 aliphatic rings. The predicted octanol–water partition coefficient (Wildman–Crippen LogP) is 2.77. The topological polar surface area (TPSA) is 159 Å². The Labute approximate surface area is 244 Å². The van der Waals surface area contributed by atoms with E-state index in [0.717, 1.165) is 28.6 Å². The molecule has 0 radical (unpaired) electrons. The van der Waals surface area contributed by atoms with Gasteiger partial charge in [-0.2, -0.15) is 4.31 Å². The second-order valence-electron chi connectivity index (χ2n) is 10.3. The molecule has 0 saturated heterocycles. The van der Waals surface area contributed by atoms with Crippen molar-refractivity contribution in [2.75, 3.05) is 31.5 Å². The van der Waals surface area contributed by atoms with Crippen LogP contribution < -0.4 is 9.46 Å². The smallest absolute Gasteiger partial charge is 0.261 e. The molecular formula is C27H33FN4O8S2. The summed E-state index contributed by atoms with van der Waals surface area (Å²) in [4.78, 5) is 14.9. The Hall–Kier alpha value is -3.53. The Morgan fingerprint density at radius 3 is 2.43 bits per heavy atom. The molecule has 0 spiro atoms. The van der Waals surface area contributed by atoms with Crippen LogP contribution >= 0.6 is 0 Å². The van der Waals surface area contributed by atoms with E-state index in [1.54, 1.807) is 6.92 Å². The molecule has 42 heavy (non-hydrogen) atoms. The maximum absolute atomic E-state index is 13.7. The number of halogens is 1. The number of likely N-dealkylation sites (N-methyl/N-ethyl adjacent to an activating group) is 1. The summed E-state index contributed by atoms with van der Waals surface area (Å²) in [7, 11) is -6.71. The largest absolute Gasteiger partial charge is 0.488 e. The number of aromatic nitrogens is 1. The van der Waals surface area contributed by atoms with E-state index in [1.165, 1.54) is 44.0 Å². The third kappa shape index (κ3) is 6.28. The lowest BCUT2D eigenvalue weighted by molar-refractivity contribution is 0.0387. The summed E-state index contributed by atoms with van der Waals surface area (Å²) in [6, 6.07) is 7.80. The van der Waals surface area contributed by atoms with Gasteiger partial charge < -0.3 is 19.3 Å². The van der Waals surface area contributed by atoms with Gasteiger partial charge in [0.05, 0.1) is 29.7 Å². The molecule has 15 heteroatoms. The molecule has 1 amide bonds. The third-order valence-electron chi connectivity index (χ3n) is 7.11. The lowest BCUT2D eigenvalue weighted by Crippen LogP contribution is -2.50. The number of ether oxygens (including phenoxy) is 1. The van der Waals surface area contributed by atoms with Crippen LogP contribution in [0.15, 0.2) is 56.8 Å². The molecule has 4 rings (SSSR count). The van der Waals surface area contributed by atoms with E-state index < -0.39 is 43.9 Å². The molecule has 12 nitrogen and oxygen atoms in total. The molecule has 2 heterocycles. The minimum Gasteiger partial charge on any atom is -0.488 e. The number of rotatable bonds is 9. The summed E-state index contributed by atoms with van der Waals surface area (Å²) < 4.78 is 80.7. The maximum Gasteiger partial charge on any atom is 0.261 e. The molecule has 2 aromatic carbocycles. The number of aryl methyl sites for hydroxylation is 2. The third-order valence-corrected chi connectivity index (χ3v) is 10.6. The molecule has 1 aliphatic heterocycles. The first-order chi connectivity index (χ1) is 19.6. The van der Waals surface area contributed by atoms with Crippen molar-refractivity contribution in [1.82, 2.24) is 14.4 Å². The van der Waals surface area contributed by atoms with Gasteiger partial charge in [0.2, 0.25) is 10.0 Å². The second kappa shape index (κ2) is 12.0. The molecule has 0 saturated carbocycles. The van der Waals surface area contributed by atoms with Gasteiger partial charge in [-0.3, -0.25) is 9.52 Å². The van der Waals surface area contributed by atoms with Crippen molar-refractivity contribution < 1.29 is 40.4 Å². The number of aliphatic hydroxyl groups excluding tert-OH is 1. The van der Waals surface area contributed by atoms with Crippen molar-refractivity contribution >= 4 is 31.6 Å². The SMILES string of the molecule is Cc1noc(C)c1S(=O)(=O)N(C)C[C@H]1Oc2ccc(NS(=O)(=O)c3ccc(F)cc3)cc2C(=O)N([C@@H](C)CO)C[C@H]1C. The highest BCUT2D eigenvalue weighted by molar-refractivity contribution is 7.92. The number of sulfonamides is 2. The average Bonchev–Trinajstić information content (AvgIpc) is 3.28. The van der Waals surface area contributed by atoms with Crippen molar-refractivity contribution in [3.63, 3.8) is 0 Å². The molecule has 2 N–H and O–H groups in total. The van der Waals surface area contributed by atoms with Gasteiger partial charge in [0, 0.05) is 25.2 Å². The number of hydrogen-bond acceptors (Lipinski definition) is 9. The fourth-order valence-corrected chi connectivity index (χ4v) is 7.20. The fraction of sp³-hybridized carbons (Fsp3) is 0.407. The van der Waals surface area contributed by atoms with Crippen LogP contribution in [0.1, 0.15) is 35.7 Å². The van der Waals surface area contributed by atoms with Crippen LogP contribution in [0.2, 0.25) is 0 Å². The molecule has 0 aliphatic carbocycles. The molecule has 0 fully saturated rings. The zero-order valence-corrected chi connectivity index (χ0v) is 25.4. The predicted molar refractivity (Wildman–Crippen MR) is 151 cm³/mol. The van der Waals surface area contributed by atoms with E-state index in [2.05, 4.69) is 9.88 Å². The van der Waals surface area contributed by atoms with E-state index in [1.807, 2.05) is 6.92 Å². The van der Waals surface area contributed by atoms with Crippen molar-refractivity contribution in [3.8, 4) is 5.75 Å². The van der Waals surface area contributed by atoms with Gasteiger partial charge in [-0.05, 0) is 63.2 Å². The number of anilines is 1. The molecule has 1 aromatic heterocycles. The van der Waals surface area contributed by atoms with Crippen LogP contribution in [0.4, 0.5) is 10.1 Å². The summed E-state index contributed by atoms with van der Waals surface area (Å²) in [6.45, 7) is 6.20. The number of nitrogens with zero attached hydrogens (tertiary/aromatic N) is 3. The molecule has 3 atom stereocenters. The second-order valence-corrected chi connectivity index (χ2v) is 14.0. The highest BCUT2D eigenvalue weighted by Gasteiger charge is 2.37. The number of hydrogen-bond donors (Lipinski definition) is 2. The Kier molecular flexibility index (Phi) is 8.97. The van der Waals surface area contributed by atoms with E-state index >= 15 is 0 Å². The van der Waals surface area contributed by atoms with Crippen LogP contribution in [0.25, 0.3) is 0 Å². The van der Waals surface area contributed by atoms with Crippen molar-refractivity contribution in [2.24, 2.45) is 5.92 Å². The fourth-order valence-electron chi connectivity index (χ4n) is 4.68. The molecule has 3 aromatic rings. The number of nitrogens with one attached hydrogen (secondary N) is 1. The number of carbonyl (C=O) groups is 1. The summed E-state index contributed by atoms with van der Waals surface area (Å²) in [5.74, 6) is -1.21. The zero-order valence-electron chi connectivity index (χ0n) is 23.7. The van der Waals surface area contributed by atoms with Crippen LogP contribution in [-0.4, -0.2) is 81.1 Å². The Bertz CT molecular complexity index is 1660. The highest BCUT2D eigenvalue weighted by Crippen LogP contribution is 2.32. The minimum absolute atomic E-state index is 0.0164. The normalized spacial score (nSPS) is 18.7.